The van der Waals surface area contributed by atoms with E-state index in [1.54, 1.807) is 18.9 Å². The number of rotatable bonds is 7. The molecule has 5 heteroatoms. The first kappa shape index (κ1) is 21.0. The monoisotopic (exact) mass is 402 g/mol. The number of ether oxygens (including phenoxy) is 2. The molecule has 152 valence electrons. The average Bonchev–Trinajstić information content (AvgIpc) is 2.71. The van der Waals surface area contributed by atoms with Crippen LogP contribution in [-0.4, -0.2) is 41.9 Å². The highest BCUT2D eigenvalue weighted by Crippen LogP contribution is 2.46. The van der Waals surface area contributed by atoms with Gasteiger partial charge in [-0.2, -0.15) is 0 Å². The van der Waals surface area contributed by atoms with E-state index in [2.05, 4.69) is 31.2 Å². The Morgan fingerprint density at radius 1 is 1.14 bits per heavy atom. The van der Waals surface area contributed by atoms with Gasteiger partial charge in [-0.25, -0.2) is 0 Å². The van der Waals surface area contributed by atoms with Crippen LogP contribution in [0.4, 0.5) is 0 Å². The smallest absolute Gasteiger partial charge is 0.123 e. The summed E-state index contributed by atoms with van der Waals surface area (Å²) in [5.74, 6) is 1.78. The van der Waals surface area contributed by atoms with E-state index in [-0.39, 0.29) is 17.1 Å². The molecule has 1 aliphatic rings. The number of methoxy groups -OCH3 is 1. The number of aryl methyl sites for hydroxylation is 1. The standard InChI is InChI=1S/C23H30O4S/c1-4-27-18-7-5-16(6-8-18)12-17-13-19(21(26-3)11-15(17)2)22-10-9-20(25)23(14-24)28-22/h5-8,11,13,20,22-25H,4,9-10,12,14H2,1-3H3/t20-,22?,23?/m1/s1. The number of benzene rings is 2. The van der Waals surface area contributed by atoms with Crippen molar-refractivity contribution in [2.24, 2.45) is 0 Å². The van der Waals surface area contributed by atoms with Crippen LogP contribution in [0.5, 0.6) is 11.5 Å². The lowest BCUT2D eigenvalue weighted by Crippen LogP contribution is -2.31. The molecule has 4 nitrogen and oxygen atoms in total. The van der Waals surface area contributed by atoms with E-state index in [4.69, 9.17) is 9.47 Å². The third-order valence-corrected chi connectivity index (χ3v) is 6.97. The fraction of sp³-hybridized carbons (Fsp3) is 0.478. The number of aliphatic hydroxyl groups excluding tert-OH is 2. The maximum atomic E-state index is 10.1. The first-order chi connectivity index (χ1) is 13.5. The van der Waals surface area contributed by atoms with E-state index in [1.807, 2.05) is 19.1 Å². The lowest BCUT2D eigenvalue weighted by atomic mass is 9.94. The van der Waals surface area contributed by atoms with Crippen molar-refractivity contribution in [2.75, 3.05) is 20.3 Å². The number of aliphatic hydroxyl groups is 2. The van der Waals surface area contributed by atoms with Gasteiger partial charge in [0.2, 0.25) is 0 Å². The van der Waals surface area contributed by atoms with Gasteiger partial charge in [0, 0.05) is 10.8 Å². The second-order valence-electron chi connectivity index (χ2n) is 7.26. The molecule has 0 aromatic heterocycles. The molecule has 1 heterocycles. The van der Waals surface area contributed by atoms with Gasteiger partial charge in [-0.15, -0.1) is 11.8 Å². The lowest BCUT2D eigenvalue weighted by molar-refractivity contribution is 0.124. The van der Waals surface area contributed by atoms with Crippen molar-refractivity contribution in [3.8, 4) is 11.5 Å². The summed E-state index contributed by atoms with van der Waals surface area (Å²) in [5.41, 5.74) is 4.87. The Hall–Kier alpha value is -1.69. The first-order valence-corrected chi connectivity index (χ1v) is 10.8. The largest absolute Gasteiger partial charge is 0.496 e. The molecule has 0 amide bonds. The summed E-state index contributed by atoms with van der Waals surface area (Å²) in [4.78, 5) is 0. The minimum Gasteiger partial charge on any atom is -0.496 e. The van der Waals surface area contributed by atoms with Gasteiger partial charge in [0.05, 0.1) is 31.7 Å². The van der Waals surface area contributed by atoms with Gasteiger partial charge in [0.15, 0.2) is 0 Å². The van der Waals surface area contributed by atoms with E-state index >= 15 is 0 Å². The third kappa shape index (κ3) is 4.83. The van der Waals surface area contributed by atoms with E-state index in [9.17, 15) is 10.2 Å². The second-order valence-corrected chi connectivity index (χ2v) is 8.71. The Bertz CT molecular complexity index is 775. The van der Waals surface area contributed by atoms with Crippen LogP contribution in [0, 0.1) is 6.92 Å². The van der Waals surface area contributed by atoms with Gasteiger partial charge < -0.3 is 19.7 Å². The molecule has 2 unspecified atom stereocenters. The summed E-state index contributed by atoms with van der Waals surface area (Å²) in [5, 5.41) is 19.8. The van der Waals surface area contributed by atoms with E-state index in [1.165, 1.54) is 16.7 Å². The van der Waals surface area contributed by atoms with Crippen molar-refractivity contribution < 1.29 is 19.7 Å². The summed E-state index contributed by atoms with van der Waals surface area (Å²) in [6, 6.07) is 12.6. The molecule has 1 saturated heterocycles. The molecule has 0 spiro atoms. The molecule has 0 radical (unpaired) electrons. The zero-order valence-electron chi connectivity index (χ0n) is 16.9. The van der Waals surface area contributed by atoms with Crippen LogP contribution in [0.2, 0.25) is 0 Å². The summed E-state index contributed by atoms with van der Waals surface area (Å²) in [7, 11) is 1.70. The van der Waals surface area contributed by atoms with E-state index < -0.39 is 6.10 Å². The molecule has 0 saturated carbocycles. The maximum absolute atomic E-state index is 10.1. The summed E-state index contributed by atoms with van der Waals surface area (Å²) in [6.07, 6.45) is 1.99. The van der Waals surface area contributed by atoms with Crippen molar-refractivity contribution in [2.45, 2.75) is 49.7 Å². The maximum Gasteiger partial charge on any atom is 0.123 e. The normalized spacial score (nSPS) is 22.1. The Morgan fingerprint density at radius 2 is 1.89 bits per heavy atom. The van der Waals surface area contributed by atoms with Crippen LogP contribution >= 0.6 is 11.8 Å². The van der Waals surface area contributed by atoms with Crippen LogP contribution in [0.1, 0.15) is 47.3 Å². The molecule has 0 aliphatic carbocycles. The zero-order chi connectivity index (χ0) is 20.1. The SMILES string of the molecule is CCOc1ccc(Cc2cc(C3CC[C@@H](O)C(CO)S3)c(OC)cc2C)cc1. The fourth-order valence-electron chi connectivity index (χ4n) is 3.73. The molecule has 1 fully saturated rings. The highest BCUT2D eigenvalue weighted by molar-refractivity contribution is 8.00. The fourth-order valence-corrected chi connectivity index (χ4v) is 5.15. The average molecular weight is 403 g/mol. The second kappa shape index (κ2) is 9.68. The highest BCUT2D eigenvalue weighted by Gasteiger charge is 2.31. The van der Waals surface area contributed by atoms with Gasteiger partial charge in [-0.3, -0.25) is 0 Å². The van der Waals surface area contributed by atoms with Crippen molar-refractivity contribution in [3.63, 3.8) is 0 Å². The minimum absolute atomic E-state index is 0.00442. The summed E-state index contributed by atoms with van der Waals surface area (Å²) >= 11 is 1.65. The molecular formula is C23H30O4S. The molecule has 28 heavy (non-hydrogen) atoms. The van der Waals surface area contributed by atoms with Crippen LogP contribution in [-0.2, 0) is 6.42 Å². The van der Waals surface area contributed by atoms with E-state index in [0.717, 1.165) is 29.9 Å². The zero-order valence-corrected chi connectivity index (χ0v) is 17.7. The molecule has 2 aromatic rings. The minimum atomic E-state index is -0.439. The number of hydrogen-bond acceptors (Lipinski definition) is 5. The molecule has 2 N–H and O–H groups in total. The molecule has 1 aliphatic heterocycles. The van der Waals surface area contributed by atoms with Gasteiger partial charge in [-0.05, 0) is 68.0 Å². The van der Waals surface area contributed by atoms with Crippen LogP contribution < -0.4 is 9.47 Å². The molecule has 3 rings (SSSR count). The Morgan fingerprint density at radius 3 is 2.54 bits per heavy atom. The topological polar surface area (TPSA) is 58.9 Å². The number of hydrogen-bond donors (Lipinski definition) is 2. The molecular weight excluding hydrogens is 372 g/mol. The van der Waals surface area contributed by atoms with Gasteiger partial charge in [0.1, 0.15) is 11.5 Å². The first-order valence-electron chi connectivity index (χ1n) is 9.89. The number of thioether (sulfide) groups is 1. The predicted molar refractivity (Wildman–Crippen MR) is 115 cm³/mol. The van der Waals surface area contributed by atoms with Crippen LogP contribution in [0.25, 0.3) is 0 Å². The van der Waals surface area contributed by atoms with Crippen molar-refractivity contribution in [1.82, 2.24) is 0 Å². The molecule has 3 atom stereocenters. The van der Waals surface area contributed by atoms with E-state index in [0.29, 0.717) is 13.0 Å². The summed E-state index contributed by atoms with van der Waals surface area (Å²) in [6.45, 7) is 4.77. The summed E-state index contributed by atoms with van der Waals surface area (Å²) < 4.78 is 11.2. The highest BCUT2D eigenvalue weighted by atomic mass is 32.2. The molecule has 0 bridgehead atoms. The Balaban J connectivity index is 1.85. The van der Waals surface area contributed by atoms with Crippen LogP contribution in [0.15, 0.2) is 36.4 Å². The Kier molecular flexibility index (Phi) is 7.27. The van der Waals surface area contributed by atoms with Crippen LogP contribution in [0.3, 0.4) is 0 Å². The quantitative estimate of drug-likeness (QED) is 0.724. The molecule has 2 aromatic carbocycles. The van der Waals surface area contributed by atoms with Gasteiger partial charge in [-0.1, -0.05) is 18.2 Å². The Labute approximate surface area is 171 Å². The van der Waals surface area contributed by atoms with Crippen molar-refractivity contribution in [3.05, 3.63) is 58.7 Å². The van der Waals surface area contributed by atoms with Crippen molar-refractivity contribution >= 4 is 11.8 Å². The van der Waals surface area contributed by atoms with Gasteiger partial charge in [0.25, 0.3) is 0 Å². The lowest BCUT2D eigenvalue weighted by Gasteiger charge is -2.33. The predicted octanol–water partition coefficient (Wildman–Crippen LogP) is 4.28. The third-order valence-electron chi connectivity index (χ3n) is 5.34. The van der Waals surface area contributed by atoms with Gasteiger partial charge >= 0.3 is 0 Å². The van der Waals surface area contributed by atoms with Crippen molar-refractivity contribution in [1.29, 1.82) is 0 Å².